The minimum atomic E-state index is -1.48. The molecule has 2 aromatic heterocycles. The molecule has 0 saturated heterocycles. The monoisotopic (exact) mass is 582 g/mol. The zero-order valence-electron chi connectivity index (χ0n) is 23.4. The fourth-order valence-corrected chi connectivity index (χ4v) is 6.87. The summed E-state index contributed by atoms with van der Waals surface area (Å²) in [7, 11) is 0. The molecule has 0 atom stereocenters. The molecule has 7 heteroatoms. The lowest BCUT2D eigenvalue weighted by Gasteiger charge is -2.12. The molecule has 0 aliphatic rings. The molecule has 3 rings (SSSR count). The lowest BCUT2D eigenvalue weighted by molar-refractivity contribution is 0.264. The van der Waals surface area contributed by atoms with Crippen LogP contribution in [0, 0.1) is 23.3 Å². The van der Waals surface area contributed by atoms with Crippen LogP contribution in [0.15, 0.2) is 24.3 Å². The third-order valence-corrected chi connectivity index (χ3v) is 9.44. The van der Waals surface area contributed by atoms with Crippen LogP contribution in [-0.2, 0) is 6.42 Å². The van der Waals surface area contributed by atoms with E-state index in [1.165, 1.54) is 68.7 Å². The number of benzene rings is 1. The first-order valence-electron chi connectivity index (χ1n) is 14.7. The Bertz CT molecular complexity index is 1110. The Morgan fingerprint density at radius 2 is 1.03 bits per heavy atom. The first-order chi connectivity index (χ1) is 19.0. The topological polar surface area (TPSA) is 9.23 Å². The van der Waals surface area contributed by atoms with Crippen molar-refractivity contribution in [2.45, 2.75) is 110 Å². The standard InChI is InChI=1S/C32H42F4OS2/c1-3-5-7-9-10-11-12-13-14-16-22-37-32-30(35)28(33)27(29(34)31(32)36)26-21-20-25(39-26)24-19-18-23(38-24)17-15-8-6-4-2/h18-21H,3-17,22H2,1-2H3. The predicted molar refractivity (Wildman–Crippen MR) is 158 cm³/mol. The van der Waals surface area contributed by atoms with Crippen molar-refractivity contribution >= 4 is 22.7 Å². The lowest BCUT2D eigenvalue weighted by atomic mass is 10.1. The summed E-state index contributed by atoms with van der Waals surface area (Å²) in [5.74, 6) is -6.74. The van der Waals surface area contributed by atoms with Crippen molar-refractivity contribution in [2.24, 2.45) is 0 Å². The predicted octanol–water partition coefficient (Wildman–Crippen LogP) is 12.1. The second kappa shape index (κ2) is 17.1. The van der Waals surface area contributed by atoms with E-state index in [4.69, 9.17) is 4.74 Å². The number of hydrogen-bond donors (Lipinski definition) is 0. The van der Waals surface area contributed by atoms with Gasteiger partial charge in [-0.15, -0.1) is 22.7 Å². The number of unbranched alkanes of at least 4 members (excludes halogenated alkanes) is 12. The first kappa shape index (κ1) is 31.7. The number of halogens is 4. The molecule has 0 radical (unpaired) electrons. The van der Waals surface area contributed by atoms with Gasteiger partial charge in [0, 0.05) is 19.5 Å². The Labute approximate surface area is 239 Å². The molecule has 3 aromatic rings. The number of hydrogen-bond acceptors (Lipinski definition) is 3. The molecule has 2 heterocycles. The van der Waals surface area contributed by atoms with Gasteiger partial charge in [0.25, 0.3) is 0 Å². The highest BCUT2D eigenvalue weighted by molar-refractivity contribution is 7.23. The van der Waals surface area contributed by atoms with Gasteiger partial charge >= 0.3 is 0 Å². The third-order valence-electron chi connectivity index (χ3n) is 7.00. The van der Waals surface area contributed by atoms with Gasteiger partial charge in [-0.1, -0.05) is 90.9 Å². The van der Waals surface area contributed by atoms with Crippen molar-refractivity contribution in [2.75, 3.05) is 6.61 Å². The summed E-state index contributed by atoms with van der Waals surface area (Å²) < 4.78 is 64.7. The van der Waals surface area contributed by atoms with Crippen molar-refractivity contribution in [1.82, 2.24) is 0 Å². The second-order valence-corrected chi connectivity index (χ2v) is 12.5. The van der Waals surface area contributed by atoms with Gasteiger partial charge in [0.1, 0.15) is 0 Å². The molecule has 0 amide bonds. The molecule has 1 aromatic carbocycles. The minimum Gasteiger partial charge on any atom is -0.487 e. The van der Waals surface area contributed by atoms with E-state index >= 15 is 0 Å². The van der Waals surface area contributed by atoms with E-state index in [0.717, 1.165) is 53.2 Å². The lowest BCUT2D eigenvalue weighted by Crippen LogP contribution is -2.07. The molecule has 0 saturated carbocycles. The Morgan fingerprint density at radius 1 is 0.538 bits per heavy atom. The van der Waals surface area contributed by atoms with Crippen molar-refractivity contribution in [1.29, 1.82) is 0 Å². The van der Waals surface area contributed by atoms with E-state index in [-0.39, 0.29) is 11.5 Å². The molecule has 0 unspecified atom stereocenters. The van der Waals surface area contributed by atoms with Crippen LogP contribution in [0.5, 0.6) is 5.75 Å². The normalized spacial score (nSPS) is 11.4. The maximum Gasteiger partial charge on any atom is 0.204 e. The number of ether oxygens (including phenoxy) is 1. The fraction of sp³-hybridized carbons (Fsp3) is 0.562. The summed E-state index contributed by atoms with van der Waals surface area (Å²) in [6.07, 6.45) is 16.8. The third kappa shape index (κ3) is 9.34. The van der Waals surface area contributed by atoms with Gasteiger partial charge < -0.3 is 4.74 Å². The van der Waals surface area contributed by atoms with Crippen LogP contribution in [0.1, 0.15) is 109 Å². The number of rotatable bonds is 19. The molecule has 0 fully saturated rings. The quantitative estimate of drug-likeness (QED) is 0.0776. The summed E-state index contributed by atoms with van der Waals surface area (Å²) in [6, 6.07) is 7.34. The maximum absolute atomic E-state index is 15.0. The fourth-order valence-electron chi connectivity index (χ4n) is 4.69. The molecule has 39 heavy (non-hydrogen) atoms. The van der Waals surface area contributed by atoms with Gasteiger partial charge in [-0.25, -0.2) is 8.78 Å². The summed E-state index contributed by atoms with van der Waals surface area (Å²) >= 11 is 2.77. The van der Waals surface area contributed by atoms with Gasteiger partial charge in [-0.2, -0.15) is 8.78 Å². The Hall–Kier alpha value is -1.86. The highest BCUT2D eigenvalue weighted by Crippen LogP contribution is 2.42. The molecule has 1 nitrogen and oxygen atoms in total. The van der Waals surface area contributed by atoms with Crippen LogP contribution in [-0.4, -0.2) is 6.61 Å². The molecule has 0 spiro atoms. The molecule has 0 aliphatic heterocycles. The average Bonchev–Trinajstić information content (AvgIpc) is 3.61. The zero-order valence-corrected chi connectivity index (χ0v) is 25.0. The SMILES string of the molecule is CCCCCCCCCCCCOc1c(F)c(F)c(-c2ccc(-c3ccc(CCCCCC)s3)s2)c(F)c1F. The van der Waals surface area contributed by atoms with Crippen molar-refractivity contribution in [3.05, 3.63) is 52.4 Å². The van der Waals surface area contributed by atoms with E-state index in [0.29, 0.717) is 6.42 Å². The van der Waals surface area contributed by atoms with Crippen molar-refractivity contribution in [3.8, 4) is 25.9 Å². The van der Waals surface area contributed by atoms with Crippen LogP contribution in [0.3, 0.4) is 0 Å². The maximum atomic E-state index is 15.0. The highest BCUT2D eigenvalue weighted by Gasteiger charge is 2.28. The van der Waals surface area contributed by atoms with E-state index in [1.54, 1.807) is 17.4 Å². The Morgan fingerprint density at radius 3 is 1.64 bits per heavy atom. The summed E-state index contributed by atoms with van der Waals surface area (Å²) in [5, 5.41) is 0. The smallest absolute Gasteiger partial charge is 0.204 e. The van der Waals surface area contributed by atoms with Gasteiger partial charge in [-0.3, -0.25) is 0 Å². The zero-order chi connectivity index (χ0) is 28.0. The van der Waals surface area contributed by atoms with Gasteiger partial charge in [0.2, 0.25) is 11.6 Å². The van der Waals surface area contributed by atoms with Crippen LogP contribution >= 0.6 is 22.7 Å². The average molecular weight is 583 g/mol. The highest BCUT2D eigenvalue weighted by atomic mass is 32.1. The van der Waals surface area contributed by atoms with E-state index in [2.05, 4.69) is 19.9 Å². The van der Waals surface area contributed by atoms with Crippen LogP contribution in [0.4, 0.5) is 17.6 Å². The summed E-state index contributed by atoms with van der Waals surface area (Å²) in [6.45, 7) is 4.40. The van der Waals surface area contributed by atoms with Crippen molar-refractivity contribution in [3.63, 3.8) is 0 Å². The summed E-state index contributed by atoms with van der Waals surface area (Å²) in [5.41, 5.74) is -0.677. The van der Waals surface area contributed by atoms with Crippen molar-refractivity contribution < 1.29 is 22.3 Å². The molecule has 0 aliphatic carbocycles. The Balaban J connectivity index is 1.55. The summed E-state index contributed by atoms with van der Waals surface area (Å²) in [4.78, 5) is 3.21. The van der Waals surface area contributed by atoms with Crippen LogP contribution in [0.25, 0.3) is 20.2 Å². The van der Waals surface area contributed by atoms with Crippen LogP contribution in [0.2, 0.25) is 0 Å². The molecular formula is C32H42F4OS2. The molecule has 0 bridgehead atoms. The van der Waals surface area contributed by atoms with Gasteiger partial charge in [0.15, 0.2) is 17.4 Å². The Kier molecular flexibility index (Phi) is 13.9. The van der Waals surface area contributed by atoms with E-state index < -0.39 is 34.6 Å². The van der Waals surface area contributed by atoms with E-state index in [1.807, 2.05) is 6.07 Å². The minimum absolute atomic E-state index is 0.0187. The molecular weight excluding hydrogens is 540 g/mol. The molecule has 0 N–H and O–H groups in total. The first-order valence-corrected chi connectivity index (χ1v) is 16.3. The van der Waals surface area contributed by atoms with Gasteiger partial charge in [-0.05, 0) is 43.5 Å². The number of thiophene rings is 2. The second-order valence-electron chi connectivity index (χ2n) is 10.2. The van der Waals surface area contributed by atoms with Crippen LogP contribution < -0.4 is 4.74 Å². The number of aryl methyl sites for hydroxylation is 1. The molecule has 216 valence electrons. The van der Waals surface area contributed by atoms with E-state index in [9.17, 15) is 17.6 Å². The van der Waals surface area contributed by atoms with Gasteiger partial charge in [0.05, 0.1) is 12.2 Å². The largest absolute Gasteiger partial charge is 0.487 e.